The van der Waals surface area contributed by atoms with Crippen LogP contribution in [0.2, 0.25) is 0 Å². The highest BCUT2D eigenvalue weighted by Crippen LogP contribution is 2.39. The monoisotopic (exact) mass is 643 g/mol. The number of rotatable bonds is 14. The fourth-order valence-electron chi connectivity index (χ4n) is 5.92. The zero-order chi connectivity index (χ0) is 31.3. The third-order valence-corrected chi connectivity index (χ3v) is 10.00. The summed E-state index contributed by atoms with van der Waals surface area (Å²) in [7, 11) is 0. The van der Waals surface area contributed by atoms with Gasteiger partial charge in [0.25, 0.3) is 0 Å². The van der Waals surface area contributed by atoms with Gasteiger partial charge in [-0.2, -0.15) is 16.8 Å². The normalized spacial score (nSPS) is 14.4. The average molecular weight is 644 g/mol. The predicted octanol–water partition coefficient (Wildman–Crippen LogP) is 6.77. The molecule has 1 aliphatic carbocycles. The predicted molar refractivity (Wildman–Crippen MR) is 192 cm³/mol. The number of guanidine groups is 1. The molecule has 6 N–H and O–H groups in total. The fraction of sp³-hybridized carbons (Fsp3) is 0.400. The molecular formula is C35H45N7OS2. The van der Waals surface area contributed by atoms with Gasteiger partial charge in [0.2, 0.25) is 5.13 Å². The van der Waals surface area contributed by atoms with Crippen LogP contribution in [0.1, 0.15) is 61.8 Å². The zero-order valence-electron chi connectivity index (χ0n) is 26.0. The van der Waals surface area contributed by atoms with Crippen molar-refractivity contribution in [2.45, 2.75) is 50.7 Å². The number of unbranched alkanes of at least 4 members (excludes halogenated alkanes) is 4. The minimum Gasteiger partial charge on any atom is -0.370 e. The smallest absolute Gasteiger partial charge is 0.314 e. The molecule has 1 fully saturated rings. The summed E-state index contributed by atoms with van der Waals surface area (Å²) < 4.78 is 0. The van der Waals surface area contributed by atoms with E-state index in [0.717, 1.165) is 62.5 Å². The van der Waals surface area contributed by atoms with E-state index < -0.39 is 0 Å². The Labute approximate surface area is 275 Å². The van der Waals surface area contributed by atoms with Gasteiger partial charge in [-0.1, -0.05) is 85.5 Å². The Kier molecular flexibility index (Phi) is 12.5. The van der Waals surface area contributed by atoms with Gasteiger partial charge in [0, 0.05) is 43.1 Å². The van der Waals surface area contributed by atoms with E-state index in [4.69, 9.17) is 11.5 Å². The fourth-order valence-corrected chi connectivity index (χ4v) is 7.48. The van der Waals surface area contributed by atoms with Gasteiger partial charge in [0.05, 0.1) is 5.69 Å². The van der Waals surface area contributed by atoms with Crippen LogP contribution in [0, 0.1) is 0 Å². The molecule has 238 valence electrons. The zero-order valence-corrected chi connectivity index (χ0v) is 27.6. The standard InChI is InChI=1S/C35H45N7OS2/c36-33(37)41-35-40-28(25-45-35)24-44-23-19-39-34(43)38-18-8-2-1-3-9-20-42-21-16-27(17-22-42)30-15-14-26-10-4-5-11-29(26)31-12-6-7-13-32(30)31/h4-7,10-15,25H,1-3,8-9,16-24H2,(H2,38,39,43)(H4,36,37,40,41). The summed E-state index contributed by atoms with van der Waals surface area (Å²) >= 11 is 3.13. The average Bonchev–Trinajstić information content (AvgIpc) is 3.42. The van der Waals surface area contributed by atoms with Gasteiger partial charge in [-0.3, -0.25) is 0 Å². The number of thioether (sulfide) groups is 1. The number of hydrogen-bond donors (Lipinski definition) is 4. The summed E-state index contributed by atoms with van der Waals surface area (Å²) in [5.74, 6) is 1.60. The molecule has 0 atom stereocenters. The van der Waals surface area contributed by atoms with Crippen LogP contribution in [-0.4, -0.2) is 60.4 Å². The SMILES string of the molecule is NC(N)=Nc1nc(CSCCNC(=O)NCCCCCCCN2CCC(=C3C=Cc4ccccc4-c4ccccc43)CC2)cs1. The summed E-state index contributed by atoms with van der Waals surface area (Å²) in [5, 5.41) is 8.42. The van der Waals surface area contributed by atoms with Crippen molar-refractivity contribution in [2.75, 3.05) is 38.5 Å². The number of urea groups is 1. The number of thiazole rings is 1. The summed E-state index contributed by atoms with van der Waals surface area (Å²) in [6, 6.07) is 17.5. The van der Waals surface area contributed by atoms with E-state index in [2.05, 4.69) is 86.2 Å². The molecule has 1 aliphatic heterocycles. The number of benzene rings is 2. The second-order valence-corrected chi connectivity index (χ2v) is 13.4. The number of likely N-dealkylation sites (tertiary alicyclic amines) is 1. The van der Waals surface area contributed by atoms with Crippen LogP contribution in [0.15, 0.2) is 70.6 Å². The quantitative estimate of drug-likeness (QED) is 0.0874. The first-order valence-electron chi connectivity index (χ1n) is 16.0. The molecule has 2 amide bonds. The van der Waals surface area contributed by atoms with E-state index >= 15 is 0 Å². The molecule has 3 aromatic rings. The number of amides is 2. The van der Waals surface area contributed by atoms with E-state index in [0.29, 0.717) is 11.7 Å². The maximum absolute atomic E-state index is 12.1. The first-order valence-corrected chi connectivity index (χ1v) is 18.0. The number of aromatic nitrogens is 1. The van der Waals surface area contributed by atoms with Crippen LogP contribution in [0.25, 0.3) is 22.8 Å². The number of carbonyl (C=O) groups excluding carboxylic acids is 1. The molecule has 2 heterocycles. The van der Waals surface area contributed by atoms with Crippen LogP contribution in [0.3, 0.4) is 0 Å². The lowest BCUT2D eigenvalue weighted by Gasteiger charge is -2.29. The Morgan fingerprint density at radius 2 is 1.60 bits per heavy atom. The first kappa shape index (κ1) is 32.8. The number of fused-ring (bicyclic) bond motifs is 3. The van der Waals surface area contributed by atoms with Gasteiger partial charge in [-0.15, -0.1) is 11.3 Å². The first-order chi connectivity index (χ1) is 22.1. The number of piperidine rings is 1. The van der Waals surface area contributed by atoms with Gasteiger partial charge in [0.15, 0.2) is 5.96 Å². The van der Waals surface area contributed by atoms with Crippen molar-refractivity contribution in [3.63, 3.8) is 0 Å². The molecule has 0 spiro atoms. The molecule has 8 nitrogen and oxygen atoms in total. The third kappa shape index (κ3) is 9.94. The Morgan fingerprint density at radius 1 is 0.889 bits per heavy atom. The molecule has 2 aromatic carbocycles. The van der Waals surface area contributed by atoms with Crippen LogP contribution in [0.4, 0.5) is 9.93 Å². The van der Waals surface area contributed by atoms with Crippen molar-refractivity contribution in [1.29, 1.82) is 0 Å². The minimum atomic E-state index is -0.0916. The van der Waals surface area contributed by atoms with Crippen molar-refractivity contribution in [3.8, 4) is 11.1 Å². The lowest BCUT2D eigenvalue weighted by Crippen LogP contribution is -2.37. The van der Waals surface area contributed by atoms with Crippen molar-refractivity contribution >= 4 is 51.9 Å². The van der Waals surface area contributed by atoms with Crippen molar-refractivity contribution in [2.24, 2.45) is 16.5 Å². The van der Waals surface area contributed by atoms with Crippen molar-refractivity contribution in [1.82, 2.24) is 20.5 Å². The number of hydrogen-bond acceptors (Lipinski definition) is 6. The van der Waals surface area contributed by atoms with Crippen LogP contribution in [-0.2, 0) is 5.75 Å². The molecule has 1 saturated heterocycles. The Bertz CT molecular complexity index is 1500. The number of carbonyl (C=O) groups is 1. The minimum absolute atomic E-state index is 0.0152. The summed E-state index contributed by atoms with van der Waals surface area (Å²) in [4.78, 5) is 23.0. The highest BCUT2D eigenvalue weighted by Gasteiger charge is 2.20. The lowest BCUT2D eigenvalue weighted by atomic mass is 9.89. The molecular weight excluding hydrogens is 599 g/mol. The third-order valence-electron chi connectivity index (χ3n) is 8.22. The molecule has 5 rings (SSSR count). The van der Waals surface area contributed by atoms with Gasteiger partial charge in [-0.25, -0.2) is 9.78 Å². The van der Waals surface area contributed by atoms with Crippen LogP contribution < -0.4 is 22.1 Å². The Balaban J connectivity index is 0.901. The number of allylic oxidation sites excluding steroid dienone is 2. The van der Waals surface area contributed by atoms with Gasteiger partial charge in [0.1, 0.15) is 0 Å². The largest absolute Gasteiger partial charge is 0.370 e. The van der Waals surface area contributed by atoms with E-state index in [1.54, 1.807) is 17.3 Å². The van der Waals surface area contributed by atoms with Crippen molar-refractivity contribution < 1.29 is 4.79 Å². The molecule has 0 unspecified atom stereocenters. The van der Waals surface area contributed by atoms with Gasteiger partial charge < -0.3 is 27.0 Å². The van der Waals surface area contributed by atoms with Crippen LogP contribution >= 0.6 is 23.1 Å². The van der Waals surface area contributed by atoms with E-state index in [-0.39, 0.29) is 12.0 Å². The highest BCUT2D eigenvalue weighted by atomic mass is 32.2. The summed E-state index contributed by atoms with van der Waals surface area (Å²) in [6.45, 7) is 4.81. The number of nitrogens with one attached hydrogen (secondary N) is 2. The Hall–Kier alpha value is -3.60. The van der Waals surface area contributed by atoms with Crippen molar-refractivity contribution in [3.05, 3.63) is 82.4 Å². The Morgan fingerprint density at radius 3 is 2.42 bits per heavy atom. The summed E-state index contributed by atoms with van der Waals surface area (Å²) in [6.07, 6.45) is 12.8. The molecule has 1 aromatic heterocycles. The number of nitrogens with zero attached hydrogens (tertiary/aromatic N) is 3. The number of aliphatic imine (C=N–C) groups is 1. The number of nitrogens with two attached hydrogens (primary N) is 2. The van der Waals surface area contributed by atoms with Crippen LogP contribution in [0.5, 0.6) is 0 Å². The molecule has 0 saturated carbocycles. The lowest BCUT2D eigenvalue weighted by molar-refractivity contribution is 0.241. The highest BCUT2D eigenvalue weighted by molar-refractivity contribution is 7.98. The molecule has 2 aliphatic rings. The van der Waals surface area contributed by atoms with Gasteiger partial charge in [-0.05, 0) is 60.1 Å². The molecule has 45 heavy (non-hydrogen) atoms. The van der Waals surface area contributed by atoms with E-state index in [1.165, 1.54) is 65.0 Å². The van der Waals surface area contributed by atoms with Gasteiger partial charge >= 0.3 is 6.03 Å². The maximum Gasteiger partial charge on any atom is 0.314 e. The summed E-state index contributed by atoms with van der Waals surface area (Å²) in [5.41, 5.74) is 20.1. The molecule has 10 heteroatoms. The second kappa shape index (κ2) is 17.2. The molecule has 0 bridgehead atoms. The second-order valence-electron chi connectivity index (χ2n) is 11.5. The maximum atomic E-state index is 12.1. The topological polar surface area (TPSA) is 122 Å². The molecule has 0 radical (unpaired) electrons. The van der Waals surface area contributed by atoms with E-state index in [1.807, 2.05) is 5.38 Å². The van der Waals surface area contributed by atoms with E-state index in [9.17, 15) is 4.79 Å².